The molecule has 0 saturated carbocycles. The Labute approximate surface area is 371 Å². The van der Waals surface area contributed by atoms with Gasteiger partial charge in [-0.3, -0.25) is 4.79 Å². The first kappa shape index (κ1) is 49.8. The van der Waals surface area contributed by atoms with Crippen LogP contribution in [0.25, 0.3) is 10.8 Å². The molecule has 0 aliphatic carbocycles. The van der Waals surface area contributed by atoms with Crippen molar-refractivity contribution in [1.82, 2.24) is 4.72 Å². The Bertz CT molecular complexity index is 2140. The van der Waals surface area contributed by atoms with E-state index < -0.39 is 21.9 Å². The van der Waals surface area contributed by atoms with Gasteiger partial charge in [-0.15, -0.1) is 10.2 Å². The van der Waals surface area contributed by atoms with E-state index in [0.717, 1.165) is 32.1 Å². The van der Waals surface area contributed by atoms with Crippen LogP contribution in [-0.4, -0.2) is 51.6 Å². The lowest BCUT2D eigenvalue weighted by Gasteiger charge is -2.25. The van der Waals surface area contributed by atoms with Crippen LogP contribution in [0.5, 0.6) is 5.75 Å². The van der Waals surface area contributed by atoms with Crippen molar-refractivity contribution in [3.05, 3.63) is 83.9 Å². The van der Waals surface area contributed by atoms with E-state index in [-0.39, 0.29) is 33.1 Å². The molecule has 4 aromatic carbocycles. The monoisotopic (exact) mass is 870 g/mol. The first-order valence-corrected chi connectivity index (χ1v) is 24.8. The van der Waals surface area contributed by atoms with E-state index in [0.29, 0.717) is 48.4 Å². The van der Waals surface area contributed by atoms with Crippen molar-refractivity contribution in [3.8, 4) is 5.75 Å². The van der Waals surface area contributed by atoms with Crippen LogP contribution in [0.1, 0.15) is 164 Å². The number of hydrogen-bond acceptors (Lipinski definition) is 9. The lowest BCUT2D eigenvalue weighted by molar-refractivity contribution is 0.0500. The van der Waals surface area contributed by atoms with Crippen LogP contribution in [0.4, 0.5) is 22.7 Å². The fraction of sp³-hybridized carbons (Fsp3) is 0.520. The van der Waals surface area contributed by atoms with E-state index in [2.05, 4.69) is 27.2 Å². The van der Waals surface area contributed by atoms with Crippen LogP contribution in [0, 0.1) is 0 Å². The normalized spacial score (nSPS) is 11.7. The van der Waals surface area contributed by atoms with E-state index in [1.54, 1.807) is 60.7 Å². The number of carbonyl (C=O) groups is 2. The van der Waals surface area contributed by atoms with Gasteiger partial charge < -0.3 is 20.1 Å². The first-order chi connectivity index (χ1) is 30.1. The number of carbonyl (C=O) groups excluding carboxylic acids is 2. The molecule has 0 atom stereocenters. The number of aromatic hydroxyl groups is 1. The summed E-state index contributed by atoms with van der Waals surface area (Å²) in [6.45, 7) is 10.1. The molecule has 0 aliphatic heterocycles. The van der Waals surface area contributed by atoms with Crippen LogP contribution in [0.3, 0.4) is 0 Å². The largest absolute Gasteiger partial charge is 0.506 e. The first-order valence-electron chi connectivity index (χ1n) is 23.3. The predicted octanol–water partition coefficient (Wildman–Crippen LogP) is 13.6. The summed E-state index contributed by atoms with van der Waals surface area (Å²) < 4.78 is 35.3. The Morgan fingerprint density at radius 1 is 0.629 bits per heavy atom. The Kier molecular flexibility index (Phi) is 21.9. The molecule has 0 fully saturated rings. The van der Waals surface area contributed by atoms with Gasteiger partial charge in [0.15, 0.2) is 0 Å². The number of unbranched alkanes of at least 4 members (excludes halogenated alkanes) is 16. The maximum Gasteiger partial charge on any atom is 0.340 e. The number of azo groups is 1. The van der Waals surface area contributed by atoms with Gasteiger partial charge in [-0.1, -0.05) is 153 Å². The van der Waals surface area contributed by atoms with Gasteiger partial charge in [0.1, 0.15) is 11.4 Å². The van der Waals surface area contributed by atoms with Crippen molar-refractivity contribution in [2.24, 2.45) is 10.2 Å². The fourth-order valence-corrected chi connectivity index (χ4v) is 8.70. The van der Waals surface area contributed by atoms with E-state index in [4.69, 9.17) is 4.74 Å². The third-order valence-electron chi connectivity index (χ3n) is 11.3. The van der Waals surface area contributed by atoms with Crippen molar-refractivity contribution in [2.45, 2.75) is 148 Å². The van der Waals surface area contributed by atoms with Gasteiger partial charge in [0.25, 0.3) is 5.91 Å². The zero-order valence-electron chi connectivity index (χ0n) is 37.7. The number of phenols is 1. The Hall–Kier alpha value is -4.81. The Balaban J connectivity index is 1.41. The molecule has 0 unspecified atom stereocenters. The number of nitrogens with one attached hydrogen (secondary N) is 2. The summed E-state index contributed by atoms with van der Waals surface area (Å²) in [5, 5.41) is 24.1. The number of anilines is 2. The number of ether oxygens (including phenoxy) is 1. The standard InChI is InChI=1S/C50H71N5O6S/c1-5-9-11-12-13-14-15-16-17-18-19-20-21-22-23-28-35-51-62(59,60)39-33-34-47(55(7-3)8-4)46(37-39)52-49(57)43-38-45(40-29-24-25-30-41(40)48(43)56)54-53-44-32-27-26-31-42(44)50(58)61-36-10-6-2/h24-27,29-34,37-38,51,56H,5-23,28,35-36H2,1-4H3,(H,52,57). The van der Waals surface area contributed by atoms with Crippen molar-refractivity contribution in [2.75, 3.05) is 36.5 Å². The molecule has 0 bridgehead atoms. The Morgan fingerprint density at radius 2 is 1.18 bits per heavy atom. The maximum atomic E-state index is 14.1. The summed E-state index contributed by atoms with van der Waals surface area (Å²) >= 11 is 0. The minimum absolute atomic E-state index is 0.0318. The molecule has 0 aliphatic rings. The van der Waals surface area contributed by atoms with Crippen LogP contribution in [-0.2, 0) is 14.8 Å². The van der Waals surface area contributed by atoms with Gasteiger partial charge in [0.2, 0.25) is 10.0 Å². The lowest BCUT2D eigenvalue weighted by atomic mass is 10.0. The quantitative estimate of drug-likeness (QED) is 0.0268. The number of sulfonamides is 1. The third-order valence-corrected chi connectivity index (χ3v) is 12.8. The molecule has 12 heteroatoms. The lowest BCUT2D eigenvalue weighted by Crippen LogP contribution is -2.27. The molecule has 1 amide bonds. The number of hydrogen-bond donors (Lipinski definition) is 3. The van der Waals surface area contributed by atoms with Crippen molar-refractivity contribution < 1.29 is 27.9 Å². The molecule has 0 spiro atoms. The van der Waals surface area contributed by atoms with Crippen LogP contribution in [0.2, 0.25) is 0 Å². The minimum atomic E-state index is -3.88. The summed E-state index contributed by atoms with van der Waals surface area (Å²) in [6, 6.07) is 19.9. The van der Waals surface area contributed by atoms with E-state index in [1.807, 2.05) is 25.7 Å². The molecular weight excluding hydrogens is 799 g/mol. The summed E-state index contributed by atoms with van der Waals surface area (Å²) in [6.07, 6.45) is 21.6. The number of amides is 1. The molecule has 4 rings (SSSR count). The van der Waals surface area contributed by atoms with Crippen molar-refractivity contribution in [1.29, 1.82) is 0 Å². The second kappa shape index (κ2) is 27.3. The average Bonchev–Trinajstić information content (AvgIpc) is 3.28. The highest BCUT2D eigenvalue weighted by atomic mass is 32.2. The molecule has 338 valence electrons. The van der Waals surface area contributed by atoms with E-state index in [1.165, 1.54) is 95.6 Å². The number of fused-ring (bicyclic) bond motifs is 1. The van der Waals surface area contributed by atoms with Gasteiger partial charge in [-0.2, -0.15) is 0 Å². The smallest absolute Gasteiger partial charge is 0.340 e. The second-order valence-electron chi connectivity index (χ2n) is 16.1. The SMILES string of the molecule is CCCCCCCCCCCCCCCCCCNS(=O)(=O)c1ccc(N(CC)CC)c(NC(=O)c2cc(N=Nc3ccccc3C(=O)OCCCC)c3ccccc3c2O)c1. The summed E-state index contributed by atoms with van der Waals surface area (Å²) in [5.41, 5.74) is 1.69. The van der Waals surface area contributed by atoms with Gasteiger partial charge in [-0.25, -0.2) is 17.9 Å². The number of phenolic OH excluding ortho intramolecular Hbond substituents is 1. The van der Waals surface area contributed by atoms with E-state index >= 15 is 0 Å². The molecule has 0 aromatic heterocycles. The highest BCUT2D eigenvalue weighted by molar-refractivity contribution is 7.89. The molecule has 11 nitrogen and oxygen atoms in total. The number of nitrogens with zero attached hydrogens (tertiary/aromatic N) is 3. The summed E-state index contributed by atoms with van der Waals surface area (Å²) in [4.78, 5) is 29.0. The molecule has 0 radical (unpaired) electrons. The number of esters is 1. The van der Waals surface area contributed by atoms with Crippen molar-refractivity contribution in [3.63, 3.8) is 0 Å². The van der Waals surface area contributed by atoms with Crippen LogP contribution in [0.15, 0.2) is 87.9 Å². The summed E-state index contributed by atoms with van der Waals surface area (Å²) in [5.74, 6) is -1.42. The third kappa shape index (κ3) is 15.5. The molecule has 0 heterocycles. The van der Waals surface area contributed by atoms with Gasteiger partial charge in [0.05, 0.1) is 39.7 Å². The second-order valence-corrected chi connectivity index (χ2v) is 17.8. The molecule has 4 aromatic rings. The highest BCUT2D eigenvalue weighted by Gasteiger charge is 2.22. The Morgan fingerprint density at radius 3 is 1.79 bits per heavy atom. The zero-order chi connectivity index (χ0) is 44.6. The minimum Gasteiger partial charge on any atom is -0.506 e. The van der Waals surface area contributed by atoms with Gasteiger partial charge in [0, 0.05) is 30.4 Å². The van der Waals surface area contributed by atoms with Crippen LogP contribution < -0.4 is 14.9 Å². The number of rotatable bonds is 30. The highest BCUT2D eigenvalue weighted by Crippen LogP contribution is 2.38. The van der Waals surface area contributed by atoms with Gasteiger partial charge in [-0.05, 0) is 63.1 Å². The summed E-state index contributed by atoms with van der Waals surface area (Å²) in [7, 11) is -3.88. The molecular formula is C50H71N5O6S. The maximum absolute atomic E-state index is 14.1. The van der Waals surface area contributed by atoms with Crippen molar-refractivity contribution >= 4 is 55.4 Å². The van der Waals surface area contributed by atoms with E-state index in [9.17, 15) is 23.1 Å². The zero-order valence-corrected chi connectivity index (χ0v) is 38.5. The average molecular weight is 870 g/mol. The van der Waals surface area contributed by atoms with Gasteiger partial charge >= 0.3 is 5.97 Å². The molecule has 62 heavy (non-hydrogen) atoms. The topological polar surface area (TPSA) is 150 Å². The van der Waals surface area contributed by atoms with Crippen LogP contribution >= 0.6 is 0 Å². The predicted molar refractivity (Wildman–Crippen MR) is 254 cm³/mol. The number of benzene rings is 4. The molecule has 3 N–H and O–H groups in total. The fourth-order valence-electron chi connectivity index (χ4n) is 7.60. The molecule has 0 saturated heterocycles.